The Morgan fingerprint density at radius 1 is 1.44 bits per heavy atom. The summed E-state index contributed by atoms with van der Waals surface area (Å²) in [6.07, 6.45) is 0.493. The van der Waals surface area contributed by atoms with E-state index in [1.54, 1.807) is 13.8 Å². The standard InChI is InChI=1S/C12H21N3O3/c1-5-8-10(17)14-9(16)7-15(8)11(18)12(3,4)13-6-2/h8,13H,5-7H2,1-4H3,(H,14,16,17). The maximum Gasteiger partial charge on any atom is 0.249 e. The van der Waals surface area contributed by atoms with Crippen LogP contribution in [0.3, 0.4) is 0 Å². The molecule has 6 nitrogen and oxygen atoms in total. The first-order valence-electron chi connectivity index (χ1n) is 6.23. The molecule has 0 aromatic heterocycles. The Kier molecular flexibility index (Phi) is 4.45. The quantitative estimate of drug-likeness (QED) is 0.672. The smallest absolute Gasteiger partial charge is 0.249 e. The van der Waals surface area contributed by atoms with Gasteiger partial charge in [-0.15, -0.1) is 0 Å². The van der Waals surface area contributed by atoms with Gasteiger partial charge in [-0.3, -0.25) is 19.7 Å². The Morgan fingerprint density at radius 3 is 2.56 bits per heavy atom. The molecule has 1 aliphatic rings. The molecular weight excluding hydrogens is 234 g/mol. The van der Waals surface area contributed by atoms with Crippen LogP contribution >= 0.6 is 0 Å². The number of carbonyl (C=O) groups is 3. The van der Waals surface area contributed by atoms with Crippen LogP contribution in [-0.4, -0.2) is 47.3 Å². The molecule has 1 unspecified atom stereocenters. The lowest BCUT2D eigenvalue weighted by Gasteiger charge is -2.38. The minimum atomic E-state index is -0.778. The third kappa shape index (κ3) is 2.87. The van der Waals surface area contributed by atoms with Crippen LogP contribution in [0.15, 0.2) is 0 Å². The zero-order valence-corrected chi connectivity index (χ0v) is 11.4. The van der Waals surface area contributed by atoms with Crippen LogP contribution in [0.2, 0.25) is 0 Å². The molecule has 6 heteroatoms. The second-order valence-corrected chi connectivity index (χ2v) is 4.92. The number of hydrogen-bond acceptors (Lipinski definition) is 4. The van der Waals surface area contributed by atoms with E-state index in [0.29, 0.717) is 13.0 Å². The predicted molar refractivity (Wildman–Crippen MR) is 66.7 cm³/mol. The molecule has 0 aromatic carbocycles. The van der Waals surface area contributed by atoms with Gasteiger partial charge in [-0.25, -0.2) is 0 Å². The van der Waals surface area contributed by atoms with Gasteiger partial charge in [-0.1, -0.05) is 13.8 Å². The number of imide groups is 1. The summed E-state index contributed by atoms with van der Waals surface area (Å²) in [4.78, 5) is 36.8. The van der Waals surface area contributed by atoms with Gasteiger partial charge in [0.2, 0.25) is 17.7 Å². The van der Waals surface area contributed by atoms with E-state index in [2.05, 4.69) is 10.6 Å². The van der Waals surface area contributed by atoms with E-state index in [1.807, 2.05) is 13.8 Å². The average Bonchev–Trinajstić information content (AvgIpc) is 2.27. The molecule has 0 bridgehead atoms. The van der Waals surface area contributed by atoms with Crippen LogP contribution in [0.4, 0.5) is 0 Å². The molecule has 1 heterocycles. The van der Waals surface area contributed by atoms with Crippen molar-refractivity contribution in [1.29, 1.82) is 0 Å². The average molecular weight is 255 g/mol. The second-order valence-electron chi connectivity index (χ2n) is 4.92. The third-order valence-corrected chi connectivity index (χ3v) is 3.06. The lowest BCUT2D eigenvalue weighted by atomic mass is 10.00. The molecule has 3 amide bonds. The summed E-state index contributed by atoms with van der Waals surface area (Å²) >= 11 is 0. The summed E-state index contributed by atoms with van der Waals surface area (Å²) in [5, 5.41) is 5.32. The van der Waals surface area contributed by atoms with Crippen LogP contribution in [0.5, 0.6) is 0 Å². The predicted octanol–water partition coefficient (Wildman–Crippen LogP) is -0.362. The largest absolute Gasteiger partial charge is 0.320 e. The van der Waals surface area contributed by atoms with Crippen molar-refractivity contribution in [1.82, 2.24) is 15.5 Å². The first-order valence-corrected chi connectivity index (χ1v) is 6.23. The van der Waals surface area contributed by atoms with Crippen molar-refractivity contribution < 1.29 is 14.4 Å². The normalized spacial score (nSPS) is 20.9. The summed E-state index contributed by atoms with van der Waals surface area (Å²) in [5.41, 5.74) is -0.778. The Labute approximate surface area is 107 Å². The molecule has 1 fully saturated rings. The SMILES string of the molecule is CCNC(C)(C)C(=O)N1CC(=O)NC(=O)C1CC. The molecule has 0 aromatic rings. The molecule has 18 heavy (non-hydrogen) atoms. The molecule has 1 saturated heterocycles. The highest BCUT2D eigenvalue weighted by Gasteiger charge is 2.40. The maximum atomic E-state index is 12.4. The van der Waals surface area contributed by atoms with Crippen molar-refractivity contribution in [2.75, 3.05) is 13.1 Å². The Bertz CT molecular complexity index is 366. The van der Waals surface area contributed by atoms with Crippen molar-refractivity contribution >= 4 is 17.7 Å². The van der Waals surface area contributed by atoms with Gasteiger partial charge in [-0.05, 0) is 26.8 Å². The van der Waals surface area contributed by atoms with E-state index in [9.17, 15) is 14.4 Å². The van der Waals surface area contributed by atoms with Gasteiger partial charge >= 0.3 is 0 Å². The Hall–Kier alpha value is -1.43. The third-order valence-electron chi connectivity index (χ3n) is 3.06. The molecule has 1 atom stereocenters. The van der Waals surface area contributed by atoms with Crippen LogP contribution < -0.4 is 10.6 Å². The van der Waals surface area contributed by atoms with Gasteiger partial charge in [0.05, 0.1) is 5.54 Å². The molecular formula is C12H21N3O3. The molecule has 102 valence electrons. The number of nitrogens with one attached hydrogen (secondary N) is 2. The fraction of sp³-hybridized carbons (Fsp3) is 0.750. The second kappa shape index (κ2) is 5.48. The number of piperazine rings is 1. The lowest BCUT2D eigenvalue weighted by molar-refractivity contribution is -0.153. The number of likely N-dealkylation sites (N-methyl/N-ethyl adjacent to an activating group) is 1. The number of hydrogen-bond donors (Lipinski definition) is 2. The van der Waals surface area contributed by atoms with Gasteiger partial charge in [0.15, 0.2) is 0 Å². The number of amides is 3. The summed E-state index contributed by atoms with van der Waals surface area (Å²) in [6, 6.07) is -0.562. The summed E-state index contributed by atoms with van der Waals surface area (Å²) in [7, 11) is 0. The highest BCUT2D eigenvalue weighted by Crippen LogP contribution is 2.15. The lowest BCUT2D eigenvalue weighted by Crippen LogP contribution is -2.65. The first kappa shape index (κ1) is 14.6. The van der Waals surface area contributed by atoms with Crippen LogP contribution in [0.1, 0.15) is 34.1 Å². The number of rotatable bonds is 4. The Balaban J connectivity index is 2.93. The minimum Gasteiger partial charge on any atom is -0.320 e. The summed E-state index contributed by atoms with van der Waals surface area (Å²) < 4.78 is 0. The van der Waals surface area contributed by atoms with E-state index in [4.69, 9.17) is 0 Å². The monoisotopic (exact) mass is 255 g/mol. The zero-order valence-electron chi connectivity index (χ0n) is 11.4. The van der Waals surface area contributed by atoms with Crippen molar-refractivity contribution in [2.24, 2.45) is 0 Å². The summed E-state index contributed by atoms with van der Waals surface area (Å²) in [5.74, 6) is -1.04. The van der Waals surface area contributed by atoms with Crippen LogP contribution in [0, 0.1) is 0 Å². The van der Waals surface area contributed by atoms with Crippen molar-refractivity contribution in [2.45, 2.75) is 45.7 Å². The van der Waals surface area contributed by atoms with Gasteiger partial charge in [0.25, 0.3) is 0 Å². The van der Waals surface area contributed by atoms with Crippen LogP contribution in [0.25, 0.3) is 0 Å². The van der Waals surface area contributed by atoms with E-state index in [0.717, 1.165) is 0 Å². The summed E-state index contributed by atoms with van der Waals surface area (Å²) in [6.45, 7) is 7.81. The van der Waals surface area contributed by atoms with E-state index >= 15 is 0 Å². The van der Waals surface area contributed by atoms with Crippen molar-refractivity contribution in [3.63, 3.8) is 0 Å². The Morgan fingerprint density at radius 2 is 2.06 bits per heavy atom. The molecule has 0 aliphatic carbocycles. The van der Waals surface area contributed by atoms with E-state index < -0.39 is 23.4 Å². The van der Waals surface area contributed by atoms with Crippen LogP contribution in [-0.2, 0) is 14.4 Å². The van der Waals surface area contributed by atoms with Gasteiger partial charge < -0.3 is 10.2 Å². The molecule has 0 spiro atoms. The number of carbonyl (C=O) groups excluding carboxylic acids is 3. The van der Waals surface area contributed by atoms with Gasteiger partial charge in [0, 0.05) is 0 Å². The minimum absolute atomic E-state index is 0.0576. The molecule has 1 rings (SSSR count). The van der Waals surface area contributed by atoms with E-state index in [-0.39, 0.29) is 12.5 Å². The van der Waals surface area contributed by atoms with Crippen molar-refractivity contribution in [3.8, 4) is 0 Å². The van der Waals surface area contributed by atoms with Crippen molar-refractivity contribution in [3.05, 3.63) is 0 Å². The maximum absolute atomic E-state index is 12.4. The zero-order chi connectivity index (χ0) is 13.9. The highest BCUT2D eigenvalue weighted by atomic mass is 16.2. The molecule has 2 N–H and O–H groups in total. The highest BCUT2D eigenvalue weighted by molar-refractivity contribution is 6.05. The van der Waals surface area contributed by atoms with Gasteiger partial charge in [-0.2, -0.15) is 0 Å². The fourth-order valence-corrected chi connectivity index (χ4v) is 2.16. The first-order chi connectivity index (χ1) is 8.33. The molecule has 0 radical (unpaired) electrons. The fourth-order valence-electron chi connectivity index (χ4n) is 2.16. The topological polar surface area (TPSA) is 78.5 Å². The molecule has 0 saturated carbocycles. The van der Waals surface area contributed by atoms with E-state index in [1.165, 1.54) is 4.90 Å². The van der Waals surface area contributed by atoms with Gasteiger partial charge in [0.1, 0.15) is 12.6 Å². The number of nitrogens with zero attached hydrogens (tertiary/aromatic N) is 1. The molecule has 1 aliphatic heterocycles.